The number of carbonyl (C=O) groups excluding carboxylic acids is 1. The minimum absolute atomic E-state index is 0.0212. The molecule has 1 N–H and O–H groups in total. The fourth-order valence-corrected chi connectivity index (χ4v) is 4.39. The first-order valence-electron chi connectivity index (χ1n) is 9.59. The number of aryl methyl sites for hydroxylation is 1. The van der Waals surface area contributed by atoms with Crippen LogP contribution in [-0.2, 0) is 13.5 Å². The molecule has 2 aliphatic heterocycles. The van der Waals surface area contributed by atoms with Gasteiger partial charge in [-0.2, -0.15) is 5.10 Å². The van der Waals surface area contributed by atoms with Crippen LogP contribution < -0.4 is 5.32 Å². The number of carbonyl (C=O) groups is 1. The summed E-state index contributed by atoms with van der Waals surface area (Å²) in [6.07, 6.45) is 7.40. The largest absolute Gasteiger partial charge is 0.350 e. The Morgan fingerprint density at radius 2 is 2.08 bits per heavy atom. The van der Waals surface area contributed by atoms with E-state index in [0.29, 0.717) is 23.6 Å². The van der Waals surface area contributed by atoms with E-state index < -0.39 is 0 Å². The van der Waals surface area contributed by atoms with Gasteiger partial charge in [0.05, 0.1) is 5.69 Å². The molecule has 0 unspecified atom stereocenters. The van der Waals surface area contributed by atoms with Gasteiger partial charge in [0.2, 0.25) is 0 Å². The molecule has 1 aromatic heterocycles. The van der Waals surface area contributed by atoms with E-state index in [9.17, 15) is 4.79 Å². The summed E-state index contributed by atoms with van der Waals surface area (Å²) in [6, 6.07) is 2.62. The van der Waals surface area contributed by atoms with Crippen molar-refractivity contribution >= 4 is 5.91 Å². The van der Waals surface area contributed by atoms with Gasteiger partial charge in [0.1, 0.15) is 5.69 Å². The van der Waals surface area contributed by atoms with Crippen LogP contribution in [0.3, 0.4) is 0 Å². The molecule has 2 saturated heterocycles. The number of nitrogens with zero attached hydrogens (tertiary/aromatic N) is 3. The fraction of sp³-hybridized carbons (Fsp3) is 0.789. The van der Waals surface area contributed by atoms with Crippen molar-refractivity contribution in [2.45, 2.75) is 58.4 Å². The van der Waals surface area contributed by atoms with Crippen LogP contribution in [0.25, 0.3) is 0 Å². The van der Waals surface area contributed by atoms with Gasteiger partial charge in [0, 0.05) is 19.6 Å². The van der Waals surface area contributed by atoms with Gasteiger partial charge in [-0.1, -0.05) is 20.3 Å². The number of hydrogen-bond acceptors (Lipinski definition) is 3. The molecule has 0 aliphatic carbocycles. The predicted octanol–water partition coefficient (Wildman–Crippen LogP) is 2.61. The summed E-state index contributed by atoms with van der Waals surface area (Å²) in [5, 5.41) is 7.66. The Morgan fingerprint density at radius 1 is 1.29 bits per heavy atom. The van der Waals surface area contributed by atoms with E-state index in [-0.39, 0.29) is 5.91 Å². The fourth-order valence-electron chi connectivity index (χ4n) is 4.39. The van der Waals surface area contributed by atoms with Crippen molar-refractivity contribution in [1.29, 1.82) is 0 Å². The van der Waals surface area contributed by atoms with Crippen LogP contribution in [0.4, 0.5) is 0 Å². The van der Waals surface area contributed by atoms with Gasteiger partial charge in [0.25, 0.3) is 5.91 Å². The molecule has 0 aromatic carbocycles. The number of hydrogen-bond donors (Lipinski definition) is 1. The monoisotopic (exact) mass is 332 g/mol. The van der Waals surface area contributed by atoms with E-state index in [1.165, 1.54) is 45.2 Å². The third-order valence-corrected chi connectivity index (χ3v) is 5.53. The second kappa shape index (κ2) is 7.68. The minimum Gasteiger partial charge on any atom is -0.350 e. The van der Waals surface area contributed by atoms with Gasteiger partial charge in [-0.05, 0) is 63.1 Å². The lowest BCUT2D eigenvalue weighted by molar-refractivity contribution is 0.0574. The van der Waals surface area contributed by atoms with Crippen molar-refractivity contribution in [3.05, 3.63) is 17.5 Å². The van der Waals surface area contributed by atoms with Crippen molar-refractivity contribution in [2.24, 2.45) is 18.9 Å². The van der Waals surface area contributed by atoms with Crippen LogP contribution in [0.15, 0.2) is 6.07 Å². The summed E-state index contributed by atoms with van der Waals surface area (Å²) >= 11 is 0. The van der Waals surface area contributed by atoms with E-state index in [0.717, 1.165) is 18.7 Å². The molecule has 5 heteroatoms. The lowest BCUT2D eigenvalue weighted by atomic mass is 9.83. The van der Waals surface area contributed by atoms with Crippen LogP contribution in [0.1, 0.15) is 62.1 Å². The predicted molar refractivity (Wildman–Crippen MR) is 96.0 cm³/mol. The Labute approximate surface area is 145 Å². The summed E-state index contributed by atoms with van der Waals surface area (Å²) in [6.45, 7) is 7.64. The zero-order valence-corrected chi connectivity index (χ0v) is 15.4. The lowest BCUT2D eigenvalue weighted by Gasteiger charge is -2.44. The first-order valence-corrected chi connectivity index (χ1v) is 9.59. The van der Waals surface area contributed by atoms with Crippen molar-refractivity contribution < 1.29 is 4.79 Å². The van der Waals surface area contributed by atoms with E-state index in [1.807, 2.05) is 13.1 Å². The average molecular weight is 332 g/mol. The van der Waals surface area contributed by atoms with Crippen molar-refractivity contribution in [2.75, 3.05) is 19.6 Å². The van der Waals surface area contributed by atoms with Gasteiger partial charge >= 0.3 is 0 Å². The van der Waals surface area contributed by atoms with Crippen molar-refractivity contribution in [1.82, 2.24) is 20.0 Å². The zero-order valence-electron chi connectivity index (χ0n) is 15.4. The van der Waals surface area contributed by atoms with Gasteiger partial charge in [-0.3, -0.25) is 9.48 Å². The highest BCUT2D eigenvalue weighted by Crippen LogP contribution is 2.30. The van der Waals surface area contributed by atoms with Gasteiger partial charge in [-0.25, -0.2) is 0 Å². The highest BCUT2D eigenvalue weighted by Gasteiger charge is 2.33. The summed E-state index contributed by atoms with van der Waals surface area (Å²) in [5.74, 6) is 1.18. The lowest BCUT2D eigenvalue weighted by Crippen LogP contribution is -2.51. The smallest absolute Gasteiger partial charge is 0.269 e. The standard InChI is InChI=1S/C19H32N4O/c1-14(2)11-16-12-18(22(3)21-16)19(24)20-13-15-7-6-10-23-9-5-4-8-17(15)23/h12,14-15,17H,4-11,13H2,1-3H3,(H,20,24)/t15-,17+/m0/s1. The quantitative estimate of drug-likeness (QED) is 0.902. The normalized spacial score (nSPS) is 24.8. The molecule has 24 heavy (non-hydrogen) atoms. The molecule has 0 spiro atoms. The SMILES string of the molecule is CC(C)Cc1cc(C(=O)NC[C@@H]2CCCN3CCCC[C@H]23)n(C)n1. The van der Waals surface area contributed by atoms with Crippen LogP contribution in [0.5, 0.6) is 0 Å². The summed E-state index contributed by atoms with van der Waals surface area (Å²) in [5.41, 5.74) is 1.69. The number of fused-ring (bicyclic) bond motifs is 1. The molecular formula is C19H32N4O. The topological polar surface area (TPSA) is 50.2 Å². The molecule has 3 rings (SSSR count). The van der Waals surface area contributed by atoms with Gasteiger partial charge < -0.3 is 10.2 Å². The Hall–Kier alpha value is -1.36. The Bertz CT molecular complexity index is 564. The second-order valence-corrected chi connectivity index (χ2v) is 7.95. The third-order valence-electron chi connectivity index (χ3n) is 5.53. The molecule has 0 saturated carbocycles. The molecule has 5 nitrogen and oxygen atoms in total. The van der Waals surface area contributed by atoms with Crippen LogP contribution in [-0.4, -0.2) is 46.3 Å². The van der Waals surface area contributed by atoms with Gasteiger partial charge in [0.15, 0.2) is 0 Å². The zero-order chi connectivity index (χ0) is 17.1. The highest BCUT2D eigenvalue weighted by molar-refractivity contribution is 5.92. The van der Waals surface area contributed by atoms with E-state index in [2.05, 4.69) is 29.2 Å². The van der Waals surface area contributed by atoms with Gasteiger partial charge in [-0.15, -0.1) is 0 Å². The first kappa shape index (κ1) is 17.5. The number of nitrogens with one attached hydrogen (secondary N) is 1. The molecule has 0 radical (unpaired) electrons. The molecule has 1 aromatic rings. The van der Waals surface area contributed by atoms with E-state index in [1.54, 1.807) is 4.68 Å². The molecule has 2 atom stereocenters. The molecule has 2 aliphatic rings. The maximum absolute atomic E-state index is 12.6. The maximum atomic E-state index is 12.6. The van der Waals surface area contributed by atoms with Crippen LogP contribution in [0, 0.1) is 11.8 Å². The van der Waals surface area contributed by atoms with Crippen molar-refractivity contribution in [3.63, 3.8) is 0 Å². The number of rotatable bonds is 5. The van der Waals surface area contributed by atoms with Crippen LogP contribution >= 0.6 is 0 Å². The first-order chi connectivity index (χ1) is 11.5. The summed E-state index contributed by atoms with van der Waals surface area (Å²) in [4.78, 5) is 15.2. The number of piperidine rings is 2. The summed E-state index contributed by atoms with van der Waals surface area (Å²) < 4.78 is 1.72. The second-order valence-electron chi connectivity index (χ2n) is 7.95. The van der Waals surface area contributed by atoms with E-state index >= 15 is 0 Å². The molecular weight excluding hydrogens is 300 g/mol. The number of amides is 1. The molecule has 134 valence electrons. The molecule has 0 bridgehead atoms. The molecule has 2 fully saturated rings. The minimum atomic E-state index is 0.0212. The molecule has 3 heterocycles. The van der Waals surface area contributed by atoms with Crippen molar-refractivity contribution in [3.8, 4) is 0 Å². The average Bonchev–Trinajstić information content (AvgIpc) is 2.92. The van der Waals surface area contributed by atoms with E-state index in [4.69, 9.17) is 0 Å². The highest BCUT2D eigenvalue weighted by atomic mass is 16.2. The maximum Gasteiger partial charge on any atom is 0.269 e. The third kappa shape index (κ3) is 4.00. The van der Waals surface area contributed by atoms with Crippen LogP contribution in [0.2, 0.25) is 0 Å². The Morgan fingerprint density at radius 3 is 2.88 bits per heavy atom. The Balaban J connectivity index is 1.58. The molecule has 1 amide bonds. The summed E-state index contributed by atoms with van der Waals surface area (Å²) in [7, 11) is 1.86. The Kier molecular flexibility index (Phi) is 5.59. The number of aromatic nitrogens is 2.